The molecule has 1 heterocycles. The summed E-state index contributed by atoms with van der Waals surface area (Å²) in [5.41, 5.74) is 4.06. The van der Waals surface area contributed by atoms with E-state index in [0.29, 0.717) is 23.0 Å². The van der Waals surface area contributed by atoms with E-state index in [4.69, 9.17) is 25.5 Å². The Kier molecular flexibility index (Phi) is 8.12. The lowest BCUT2D eigenvalue weighted by molar-refractivity contribution is -0.142. The molecule has 5 aromatic rings. The van der Waals surface area contributed by atoms with Gasteiger partial charge >= 0.3 is 5.97 Å². The van der Waals surface area contributed by atoms with Gasteiger partial charge in [-0.05, 0) is 70.8 Å². The first-order valence-corrected chi connectivity index (χ1v) is 12.9. The van der Waals surface area contributed by atoms with E-state index in [1.54, 1.807) is 30.3 Å². The Morgan fingerprint density at radius 1 is 0.875 bits per heavy atom. The third-order valence-corrected chi connectivity index (χ3v) is 6.65. The predicted molar refractivity (Wildman–Crippen MR) is 151 cm³/mol. The van der Waals surface area contributed by atoms with Crippen LogP contribution in [0, 0.1) is 5.82 Å². The van der Waals surface area contributed by atoms with Crippen LogP contribution in [0.2, 0.25) is 5.02 Å². The van der Waals surface area contributed by atoms with Gasteiger partial charge < -0.3 is 19.2 Å². The van der Waals surface area contributed by atoms with Gasteiger partial charge in [0.25, 0.3) is 5.91 Å². The standard InChI is InChI=1S/C32H25ClFNO5/c1-38-32(37)28(16-20-4-14-27(15-5-20)39-19-21-2-12-26(34)13-3-21)35-31(36)30-18-24-7-6-23(17-29(24)40-30)22-8-10-25(33)11-9-22/h2-15,17-18,28H,16,19H2,1H3,(H,35,36)/t28-/m0/s1. The minimum absolute atomic E-state index is 0.0849. The number of amides is 1. The Hall–Kier alpha value is -4.62. The van der Waals surface area contributed by atoms with Gasteiger partial charge in [-0.3, -0.25) is 4.79 Å². The number of methoxy groups -OCH3 is 1. The zero-order valence-corrected chi connectivity index (χ0v) is 22.3. The molecule has 40 heavy (non-hydrogen) atoms. The minimum Gasteiger partial charge on any atom is -0.489 e. The highest BCUT2D eigenvalue weighted by atomic mass is 35.5. The van der Waals surface area contributed by atoms with Gasteiger partial charge in [-0.15, -0.1) is 0 Å². The van der Waals surface area contributed by atoms with Crippen molar-refractivity contribution in [3.63, 3.8) is 0 Å². The van der Waals surface area contributed by atoms with Crippen molar-refractivity contribution in [3.8, 4) is 16.9 Å². The average Bonchev–Trinajstić information content (AvgIpc) is 3.41. The van der Waals surface area contributed by atoms with Crippen molar-refractivity contribution in [2.45, 2.75) is 19.1 Å². The van der Waals surface area contributed by atoms with Gasteiger partial charge in [0.05, 0.1) is 7.11 Å². The van der Waals surface area contributed by atoms with Crippen LogP contribution in [0.1, 0.15) is 21.7 Å². The Balaban J connectivity index is 1.25. The van der Waals surface area contributed by atoms with Crippen LogP contribution in [-0.2, 0) is 22.6 Å². The minimum atomic E-state index is -0.929. The van der Waals surface area contributed by atoms with E-state index < -0.39 is 17.9 Å². The molecule has 1 N–H and O–H groups in total. The van der Waals surface area contributed by atoms with E-state index >= 15 is 0 Å². The molecule has 0 aliphatic carbocycles. The summed E-state index contributed by atoms with van der Waals surface area (Å²) in [6, 6.07) is 27.0. The summed E-state index contributed by atoms with van der Waals surface area (Å²) >= 11 is 5.99. The van der Waals surface area contributed by atoms with Crippen LogP contribution in [0.3, 0.4) is 0 Å². The molecule has 5 rings (SSSR count). The zero-order chi connectivity index (χ0) is 28.1. The predicted octanol–water partition coefficient (Wildman–Crippen LogP) is 6.99. The van der Waals surface area contributed by atoms with Crippen molar-refractivity contribution in [3.05, 3.63) is 125 Å². The smallest absolute Gasteiger partial charge is 0.328 e. The third-order valence-electron chi connectivity index (χ3n) is 6.39. The second-order valence-corrected chi connectivity index (χ2v) is 9.62. The Morgan fingerprint density at radius 2 is 1.55 bits per heavy atom. The van der Waals surface area contributed by atoms with E-state index in [1.807, 2.05) is 54.6 Å². The number of hydrogen-bond donors (Lipinski definition) is 1. The molecule has 0 aliphatic heterocycles. The first kappa shape index (κ1) is 27.0. The van der Waals surface area contributed by atoms with Crippen LogP contribution in [0.15, 0.2) is 101 Å². The Labute approximate surface area is 235 Å². The number of carbonyl (C=O) groups is 2. The van der Waals surface area contributed by atoms with E-state index in [1.165, 1.54) is 19.2 Å². The molecule has 4 aromatic carbocycles. The van der Waals surface area contributed by atoms with Crippen molar-refractivity contribution >= 4 is 34.4 Å². The van der Waals surface area contributed by atoms with Crippen LogP contribution < -0.4 is 10.1 Å². The van der Waals surface area contributed by atoms with Crippen molar-refractivity contribution in [1.82, 2.24) is 5.32 Å². The molecular weight excluding hydrogens is 533 g/mol. The molecule has 0 unspecified atom stereocenters. The van der Waals surface area contributed by atoms with E-state index in [2.05, 4.69) is 5.32 Å². The number of furan rings is 1. The molecule has 1 amide bonds. The lowest BCUT2D eigenvalue weighted by Crippen LogP contribution is -2.42. The zero-order valence-electron chi connectivity index (χ0n) is 21.5. The molecule has 1 atom stereocenters. The van der Waals surface area contributed by atoms with E-state index in [9.17, 15) is 14.0 Å². The summed E-state index contributed by atoms with van der Waals surface area (Å²) in [4.78, 5) is 25.6. The average molecular weight is 558 g/mol. The van der Waals surface area contributed by atoms with Crippen LogP contribution in [-0.4, -0.2) is 25.0 Å². The van der Waals surface area contributed by atoms with Crippen molar-refractivity contribution in [2.24, 2.45) is 0 Å². The molecule has 0 saturated carbocycles. The normalized spacial score (nSPS) is 11.7. The number of halogens is 2. The van der Waals surface area contributed by atoms with Gasteiger partial charge in [-0.2, -0.15) is 0 Å². The van der Waals surface area contributed by atoms with Gasteiger partial charge in [-0.25, -0.2) is 9.18 Å². The van der Waals surface area contributed by atoms with Crippen LogP contribution in [0.25, 0.3) is 22.1 Å². The maximum atomic E-state index is 13.1. The molecule has 0 saturated heterocycles. The molecule has 0 bridgehead atoms. The Bertz CT molecular complexity index is 1630. The van der Waals surface area contributed by atoms with Crippen LogP contribution in [0.5, 0.6) is 5.75 Å². The fourth-order valence-electron chi connectivity index (χ4n) is 4.23. The highest BCUT2D eigenvalue weighted by Crippen LogP contribution is 2.28. The topological polar surface area (TPSA) is 77.8 Å². The number of ether oxygens (including phenoxy) is 2. The number of carbonyl (C=O) groups excluding carboxylic acids is 2. The number of nitrogens with one attached hydrogen (secondary N) is 1. The fraction of sp³-hybridized carbons (Fsp3) is 0.125. The van der Waals surface area contributed by atoms with Crippen molar-refractivity contribution < 1.29 is 27.9 Å². The number of hydrogen-bond acceptors (Lipinski definition) is 5. The highest BCUT2D eigenvalue weighted by molar-refractivity contribution is 6.30. The molecule has 0 radical (unpaired) electrons. The van der Waals surface area contributed by atoms with Crippen molar-refractivity contribution in [1.29, 1.82) is 0 Å². The molecule has 0 aliphatic rings. The van der Waals surface area contributed by atoms with Crippen molar-refractivity contribution in [2.75, 3.05) is 7.11 Å². The monoisotopic (exact) mass is 557 g/mol. The molecular formula is C32H25ClFNO5. The number of benzene rings is 4. The van der Waals surface area contributed by atoms with Crippen LogP contribution in [0.4, 0.5) is 4.39 Å². The molecule has 0 fully saturated rings. The number of esters is 1. The second-order valence-electron chi connectivity index (χ2n) is 9.18. The summed E-state index contributed by atoms with van der Waals surface area (Å²) in [6.45, 7) is 0.291. The fourth-order valence-corrected chi connectivity index (χ4v) is 4.36. The Morgan fingerprint density at radius 3 is 2.25 bits per heavy atom. The van der Waals surface area contributed by atoms with Gasteiger partial charge in [0.15, 0.2) is 5.76 Å². The van der Waals surface area contributed by atoms with E-state index in [-0.39, 0.29) is 18.0 Å². The first-order valence-electron chi connectivity index (χ1n) is 12.5. The lowest BCUT2D eigenvalue weighted by Gasteiger charge is -2.16. The highest BCUT2D eigenvalue weighted by Gasteiger charge is 2.24. The second kappa shape index (κ2) is 12.1. The SMILES string of the molecule is COC(=O)[C@H](Cc1ccc(OCc2ccc(F)cc2)cc1)NC(=O)c1cc2ccc(-c3ccc(Cl)cc3)cc2o1. The van der Waals surface area contributed by atoms with Gasteiger partial charge in [-0.1, -0.05) is 60.1 Å². The molecule has 202 valence electrons. The summed E-state index contributed by atoms with van der Waals surface area (Å²) < 4.78 is 29.6. The molecule has 0 spiro atoms. The summed E-state index contributed by atoms with van der Waals surface area (Å²) in [6.07, 6.45) is 0.206. The lowest BCUT2D eigenvalue weighted by atomic mass is 10.0. The van der Waals surface area contributed by atoms with Gasteiger partial charge in [0, 0.05) is 16.8 Å². The molecule has 8 heteroatoms. The number of fused-ring (bicyclic) bond motifs is 1. The van der Waals surface area contributed by atoms with Gasteiger partial charge in [0.2, 0.25) is 0 Å². The number of rotatable bonds is 9. The summed E-state index contributed by atoms with van der Waals surface area (Å²) in [5, 5.41) is 4.13. The summed E-state index contributed by atoms with van der Waals surface area (Å²) in [7, 11) is 1.27. The van der Waals surface area contributed by atoms with Gasteiger partial charge in [0.1, 0.15) is 29.8 Å². The molecule has 6 nitrogen and oxygen atoms in total. The van der Waals surface area contributed by atoms with E-state index in [0.717, 1.165) is 27.6 Å². The maximum Gasteiger partial charge on any atom is 0.328 e. The molecule has 1 aromatic heterocycles. The maximum absolute atomic E-state index is 13.1. The van der Waals surface area contributed by atoms with Crippen LogP contribution >= 0.6 is 11.6 Å². The quantitative estimate of drug-likeness (QED) is 0.198. The summed E-state index contributed by atoms with van der Waals surface area (Å²) in [5.74, 6) is -0.706. The third kappa shape index (κ3) is 6.50. The largest absolute Gasteiger partial charge is 0.489 e. The first-order chi connectivity index (χ1) is 19.4.